The summed E-state index contributed by atoms with van der Waals surface area (Å²) in [4.78, 5) is 2.20. The van der Waals surface area contributed by atoms with E-state index in [1.807, 2.05) is 31.2 Å². The van der Waals surface area contributed by atoms with E-state index in [2.05, 4.69) is 22.0 Å². The van der Waals surface area contributed by atoms with E-state index in [4.69, 9.17) is 5.73 Å². The predicted molar refractivity (Wildman–Crippen MR) is 72.2 cm³/mol. The Morgan fingerprint density at radius 1 is 1.24 bits per heavy atom. The molecule has 0 bridgehead atoms. The standard InChI is InChI=1S/C12H16N4S/c1-3-16(12-15-14-9(2)17-12)8-10-4-6-11(13)7-5-10/h4-7H,3,8,13H2,1-2H3. The summed E-state index contributed by atoms with van der Waals surface area (Å²) >= 11 is 1.62. The predicted octanol–water partition coefficient (Wildman–Crippen LogP) is 2.46. The van der Waals surface area contributed by atoms with Crippen LogP contribution in [0.25, 0.3) is 0 Å². The fourth-order valence-corrected chi connectivity index (χ4v) is 2.32. The number of aryl methyl sites for hydroxylation is 1. The van der Waals surface area contributed by atoms with Gasteiger partial charge in [0.25, 0.3) is 0 Å². The zero-order chi connectivity index (χ0) is 12.3. The molecule has 0 saturated heterocycles. The molecule has 17 heavy (non-hydrogen) atoms. The summed E-state index contributed by atoms with van der Waals surface area (Å²) in [5, 5.41) is 10.2. The molecule has 1 aromatic heterocycles. The highest BCUT2D eigenvalue weighted by atomic mass is 32.1. The van der Waals surface area contributed by atoms with E-state index in [-0.39, 0.29) is 0 Å². The number of anilines is 2. The highest BCUT2D eigenvalue weighted by molar-refractivity contribution is 7.15. The van der Waals surface area contributed by atoms with Crippen molar-refractivity contribution in [3.8, 4) is 0 Å². The van der Waals surface area contributed by atoms with Gasteiger partial charge in [-0.15, -0.1) is 10.2 Å². The Labute approximate surface area is 105 Å². The van der Waals surface area contributed by atoms with Crippen LogP contribution in [0.15, 0.2) is 24.3 Å². The first-order valence-corrected chi connectivity index (χ1v) is 6.40. The molecule has 0 aliphatic heterocycles. The Morgan fingerprint density at radius 3 is 2.47 bits per heavy atom. The minimum atomic E-state index is 0.795. The van der Waals surface area contributed by atoms with Crippen molar-refractivity contribution in [2.45, 2.75) is 20.4 Å². The zero-order valence-corrected chi connectivity index (χ0v) is 10.9. The molecule has 0 spiro atoms. The average molecular weight is 248 g/mol. The summed E-state index contributed by atoms with van der Waals surface area (Å²) in [6.07, 6.45) is 0. The lowest BCUT2D eigenvalue weighted by Gasteiger charge is -2.19. The smallest absolute Gasteiger partial charge is 0.208 e. The summed E-state index contributed by atoms with van der Waals surface area (Å²) in [6.45, 7) is 5.84. The molecule has 4 nitrogen and oxygen atoms in total. The number of benzene rings is 1. The largest absolute Gasteiger partial charge is 0.399 e. The molecule has 0 saturated carbocycles. The van der Waals surface area contributed by atoms with Gasteiger partial charge in [-0.1, -0.05) is 23.5 Å². The number of aromatic nitrogens is 2. The molecule has 2 aromatic rings. The third-order valence-electron chi connectivity index (χ3n) is 2.52. The molecule has 0 aliphatic carbocycles. The zero-order valence-electron chi connectivity index (χ0n) is 10.1. The van der Waals surface area contributed by atoms with Crippen LogP contribution in [-0.4, -0.2) is 16.7 Å². The lowest BCUT2D eigenvalue weighted by Crippen LogP contribution is -2.21. The van der Waals surface area contributed by atoms with Gasteiger partial charge in [-0.25, -0.2) is 0 Å². The fraction of sp³-hybridized carbons (Fsp3) is 0.333. The number of rotatable bonds is 4. The van der Waals surface area contributed by atoms with Gasteiger partial charge in [0.15, 0.2) is 0 Å². The van der Waals surface area contributed by atoms with E-state index < -0.39 is 0 Å². The highest BCUT2D eigenvalue weighted by Crippen LogP contribution is 2.21. The minimum Gasteiger partial charge on any atom is -0.399 e. The van der Waals surface area contributed by atoms with Crippen LogP contribution in [0.2, 0.25) is 0 Å². The summed E-state index contributed by atoms with van der Waals surface area (Å²) < 4.78 is 0. The molecule has 90 valence electrons. The first-order valence-electron chi connectivity index (χ1n) is 5.58. The molecule has 0 unspecified atom stereocenters. The summed E-state index contributed by atoms with van der Waals surface area (Å²) in [7, 11) is 0. The first kappa shape index (κ1) is 11.9. The second kappa shape index (κ2) is 5.14. The molecule has 2 N–H and O–H groups in total. The average Bonchev–Trinajstić information content (AvgIpc) is 2.75. The van der Waals surface area contributed by atoms with Crippen molar-refractivity contribution in [1.29, 1.82) is 0 Å². The second-order valence-corrected chi connectivity index (χ2v) is 5.02. The Morgan fingerprint density at radius 2 is 1.94 bits per heavy atom. The Hall–Kier alpha value is -1.62. The monoisotopic (exact) mass is 248 g/mol. The van der Waals surface area contributed by atoms with Gasteiger partial charge in [-0.2, -0.15) is 0 Å². The molecule has 1 heterocycles. The second-order valence-electron chi connectivity index (χ2n) is 3.86. The lowest BCUT2D eigenvalue weighted by atomic mass is 10.2. The fourth-order valence-electron chi connectivity index (χ4n) is 1.57. The van der Waals surface area contributed by atoms with Crippen LogP contribution >= 0.6 is 11.3 Å². The van der Waals surface area contributed by atoms with Crippen molar-refractivity contribution in [2.75, 3.05) is 17.2 Å². The van der Waals surface area contributed by atoms with E-state index in [1.54, 1.807) is 11.3 Å². The number of nitrogen functional groups attached to an aromatic ring is 1. The Kier molecular flexibility index (Phi) is 3.58. The SMILES string of the molecule is CCN(Cc1ccc(N)cc1)c1nnc(C)s1. The third-order valence-corrected chi connectivity index (χ3v) is 3.42. The van der Waals surface area contributed by atoms with Gasteiger partial charge in [-0.05, 0) is 31.5 Å². The number of nitrogens with two attached hydrogens (primary N) is 1. The molecule has 5 heteroatoms. The van der Waals surface area contributed by atoms with Crippen molar-refractivity contribution < 1.29 is 0 Å². The van der Waals surface area contributed by atoms with Gasteiger partial charge in [0.2, 0.25) is 5.13 Å². The van der Waals surface area contributed by atoms with Gasteiger partial charge in [0.05, 0.1) is 0 Å². The molecule has 0 atom stereocenters. The third kappa shape index (κ3) is 2.94. The van der Waals surface area contributed by atoms with E-state index in [9.17, 15) is 0 Å². The Balaban J connectivity index is 2.12. The van der Waals surface area contributed by atoms with E-state index in [0.29, 0.717) is 0 Å². The first-order chi connectivity index (χ1) is 8.19. The normalized spacial score (nSPS) is 10.5. The summed E-state index contributed by atoms with van der Waals surface area (Å²) in [5.41, 5.74) is 7.70. The number of hydrogen-bond acceptors (Lipinski definition) is 5. The van der Waals surface area contributed by atoms with E-state index in [0.717, 1.165) is 28.9 Å². The van der Waals surface area contributed by atoms with E-state index in [1.165, 1.54) is 5.56 Å². The van der Waals surface area contributed by atoms with Crippen LogP contribution < -0.4 is 10.6 Å². The molecular formula is C12H16N4S. The van der Waals surface area contributed by atoms with Gasteiger partial charge in [0.1, 0.15) is 5.01 Å². The maximum Gasteiger partial charge on any atom is 0.208 e. The van der Waals surface area contributed by atoms with Crippen molar-refractivity contribution >= 4 is 22.2 Å². The number of nitrogens with zero attached hydrogens (tertiary/aromatic N) is 3. The molecule has 0 fully saturated rings. The molecule has 0 amide bonds. The Bertz CT molecular complexity index is 478. The van der Waals surface area contributed by atoms with Crippen molar-refractivity contribution in [2.24, 2.45) is 0 Å². The minimum absolute atomic E-state index is 0.795. The topological polar surface area (TPSA) is 55.0 Å². The highest BCUT2D eigenvalue weighted by Gasteiger charge is 2.09. The van der Waals surface area contributed by atoms with Crippen LogP contribution in [0, 0.1) is 6.92 Å². The van der Waals surface area contributed by atoms with Crippen LogP contribution in [0.3, 0.4) is 0 Å². The van der Waals surface area contributed by atoms with Crippen LogP contribution in [-0.2, 0) is 6.54 Å². The summed E-state index contributed by atoms with van der Waals surface area (Å²) in [5.74, 6) is 0. The van der Waals surface area contributed by atoms with Crippen LogP contribution in [0.1, 0.15) is 17.5 Å². The van der Waals surface area contributed by atoms with Gasteiger partial charge in [-0.3, -0.25) is 0 Å². The van der Waals surface area contributed by atoms with Crippen LogP contribution in [0.5, 0.6) is 0 Å². The van der Waals surface area contributed by atoms with E-state index >= 15 is 0 Å². The molecule has 1 aromatic carbocycles. The lowest BCUT2D eigenvalue weighted by molar-refractivity contribution is 0.814. The van der Waals surface area contributed by atoms with Crippen LogP contribution in [0.4, 0.5) is 10.8 Å². The maximum absolute atomic E-state index is 5.67. The van der Waals surface area contributed by atoms with Gasteiger partial charge >= 0.3 is 0 Å². The van der Waals surface area contributed by atoms with Crippen molar-refractivity contribution in [3.05, 3.63) is 34.8 Å². The van der Waals surface area contributed by atoms with Gasteiger partial charge in [0, 0.05) is 18.8 Å². The van der Waals surface area contributed by atoms with Gasteiger partial charge < -0.3 is 10.6 Å². The molecule has 0 radical (unpaired) electrons. The summed E-state index contributed by atoms with van der Waals surface area (Å²) in [6, 6.07) is 7.95. The molecular weight excluding hydrogens is 232 g/mol. The quantitative estimate of drug-likeness (QED) is 0.844. The number of hydrogen-bond donors (Lipinski definition) is 1. The van der Waals surface area contributed by atoms with Crippen molar-refractivity contribution in [3.63, 3.8) is 0 Å². The molecule has 0 aliphatic rings. The molecule has 2 rings (SSSR count). The van der Waals surface area contributed by atoms with Crippen molar-refractivity contribution in [1.82, 2.24) is 10.2 Å². The maximum atomic E-state index is 5.67.